The van der Waals surface area contributed by atoms with Crippen LogP contribution >= 0.6 is 0 Å². The average Bonchev–Trinajstić information content (AvgIpc) is 3.05. The molecule has 110 valence electrons. The fourth-order valence-electron chi connectivity index (χ4n) is 3.65. The molecular formula is C17H26N2O. The van der Waals surface area contributed by atoms with Crippen molar-refractivity contribution in [2.75, 3.05) is 27.2 Å². The Balaban J connectivity index is 1.49. The van der Waals surface area contributed by atoms with E-state index in [1.54, 1.807) is 0 Å². The Morgan fingerprint density at radius 1 is 1.25 bits per heavy atom. The Kier molecular flexibility index (Phi) is 3.99. The average molecular weight is 274 g/mol. The summed E-state index contributed by atoms with van der Waals surface area (Å²) in [7, 11) is 4.43. The molecule has 2 aliphatic rings. The maximum absolute atomic E-state index is 5.99. The van der Waals surface area contributed by atoms with Gasteiger partial charge in [-0.3, -0.25) is 0 Å². The molecule has 3 heteroatoms. The first-order valence-electron chi connectivity index (χ1n) is 7.82. The predicted molar refractivity (Wildman–Crippen MR) is 82.3 cm³/mol. The van der Waals surface area contributed by atoms with E-state index in [0.29, 0.717) is 11.6 Å². The summed E-state index contributed by atoms with van der Waals surface area (Å²) in [6.45, 7) is 2.03. The lowest BCUT2D eigenvalue weighted by atomic mass is 9.96. The number of hydrogen-bond donors (Lipinski definition) is 1. The SMILES string of the molecule is CN(C)C1(CNCC2Cc3ccccc3O2)CCCC1. The summed E-state index contributed by atoms with van der Waals surface area (Å²) in [5.74, 6) is 1.07. The smallest absolute Gasteiger partial charge is 0.123 e. The first-order chi connectivity index (χ1) is 9.70. The van der Waals surface area contributed by atoms with Crippen LogP contribution in [-0.2, 0) is 6.42 Å². The highest BCUT2D eigenvalue weighted by Crippen LogP contribution is 2.33. The fraction of sp³-hybridized carbons (Fsp3) is 0.647. The van der Waals surface area contributed by atoms with E-state index in [9.17, 15) is 0 Å². The van der Waals surface area contributed by atoms with Gasteiger partial charge in [-0.2, -0.15) is 0 Å². The third kappa shape index (κ3) is 2.70. The third-order valence-electron chi connectivity index (χ3n) is 5.02. The molecule has 1 N–H and O–H groups in total. The summed E-state index contributed by atoms with van der Waals surface area (Å²) in [4.78, 5) is 2.41. The Hall–Kier alpha value is -1.06. The highest BCUT2D eigenvalue weighted by molar-refractivity contribution is 5.37. The van der Waals surface area contributed by atoms with Crippen LogP contribution < -0.4 is 10.1 Å². The monoisotopic (exact) mass is 274 g/mol. The first kappa shape index (κ1) is 13.9. The van der Waals surface area contributed by atoms with Gasteiger partial charge in [-0.25, -0.2) is 0 Å². The van der Waals surface area contributed by atoms with Crippen LogP contribution in [0.4, 0.5) is 0 Å². The second-order valence-electron chi connectivity index (χ2n) is 6.51. The Labute approximate surface area is 122 Å². The largest absolute Gasteiger partial charge is 0.488 e. The minimum absolute atomic E-state index is 0.299. The van der Waals surface area contributed by atoms with E-state index in [1.165, 1.54) is 31.2 Å². The van der Waals surface area contributed by atoms with Gasteiger partial charge in [-0.05, 0) is 38.6 Å². The van der Waals surface area contributed by atoms with Gasteiger partial charge < -0.3 is 15.0 Å². The Morgan fingerprint density at radius 2 is 2.00 bits per heavy atom. The summed E-state index contributed by atoms with van der Waals surface area (Å²) < 4.78 is 5.99. The molecule has 1 aromatic carbocycles. The van der Waals surface area contributed by atoms with Crippen molar-refractivity contribution in [1.29, 1.82) is 0 Å². The minimum atomic E-state index is 0.299. The zero-order valence-corrected chi connectivity index (χ0v) is 12.7. The second kappa shape index (κ2) is 5.74. The van der Waals surface area contributed by atoms with Crippen LogP contribution in [0.1, 0.15) is 31.2 Å². The van der Waals surface area contributed by atoms with Gasteiger partial charge >= 0.3 is 0 Å². The van der Waals surface area contributed by atoms with Crippen molar-refractivity contribution in [3.8, 4) is 5.75 Å². The van der Waals surface area contributed by atoms with Gasteiger partial charge in [0.05, 0.1) is 0 Å². The lowest BCUT2D eigenvalue weighted by Crippen LogP contribution is -2.51. The van der Waals surface area contributed by atoms with Crippen molar-refractivity contribution in [3.63, 3.8) is 0 Å². The minimum Gasteiger partial charge on any atom is -0.488 e. The van der Waals surface area contributed by atoms with Gasteiger partial charge in [0, 0.05) is 25.0 Å². The molecule has 1 aliphatic carbocycles. The van der Waals surface area contributed by atoms with Crippen molar-refractivity contribution in [1.82, 2.24) is 10.2 Å². The molecule has 1 unspecified atom stereocenters. The number of likely N-dealkylation sites (N-methyl/N-ethyl adjacent to an activating group) is 1. The lowest BCUT2D eigenvalue weighted by Gasteiger charge is -2.37. The van der Waals surface area contributed by atoms with Crippen molar-refractivity contribution in [3.05, 3.63) is 29.8 Å². The van der Waals surface area contributed by atoms with Gasteiger partial charge in [0.1, 0.15) is 11.9 Å². The molecule has 1 saturated carbocycles. The molecule has 0 amide bonds. The zero-order chi connectivity index (χ0) is 14.0. The molecule has 1 aromatic rings. The summed E-state index contributed by atoms with van der Waals surface area (Å²) in [5, 5.41) is 3.66. The van der Waals surface area contributed by atoms with Crippen molar-refractivity contribution < 1.29 is 4.74 Å². The summed E-state index contributed by atoms with van der Waals surface area (Å²) >= 11 is 0. The molecule has 0 spiro atoms. The van der Waals surface area contributed by atoms with E-state index in [2.05, 4.69) is 42.5 Å². The number of nitrogens with zero attached hydrogens (tertiary/aromatic N) is 1. The third-order valence-corrected chi connectivity index (χ3v) is 5.02. The van der Waals surface area contributed by atoms with Crippen LogP contribution in [0.15, 0.2) is 24.3 Å². The molecule has 0 bridgehead atoms. The number of fused-ring (bicyclic) bond motifs is 1. The number of nitrogens with one attached hydrogen (secondary N) is 1. The van der Waals surface area contributed by atoms with Gasteiger partial charge in [0.25, 0.3) is 0 Å². The quantitative estimate of drug-likeness (QED) is 0.892. The van der Waals surface area contributed by atoms with E-state index < -0.39 is 0 Å². The number of rotatable bonds is 5. The summed E-state index contributed by atoms with van der Waals surface area (Å²) in [6.07, 6.45) is 6.71. The van der Waals surface area contributed by atoms with E-state index >= 15 is 0 Å². The maximum atomic E-state index is 5.99. The van der Waals surface area contributed by atoms with Crippen molar-refractivity contribution >= 4 is 0 Å². The first-order valence-corrected chi connectivity index (χ1v) is 7.82. The standard InChI is InChI=1S/C17H26N2O/c1-19(2)17(9-5-6-10-17)13-18-12-15-11-14-7-3-4-8-16(14)20-15/h3-4,7-8,15,18H,5-6,9-13H2,1-2H3. The van der Waals surface area contributed by atoms with Crippen LogP contribution in [-0.4, -0.2) is 43.7 Å². The topological polar surface area (TPSA) is 24.5 Å². The summed E-state index contributed by atoms with van der Waals surface area (Å²) in [6, 6.07) is 8.40. The molecular weight excluding hydrogens is 248 g/mol. The van der Waals surface area contributed by atoms with Crippen LogP contribution in [0.5, 0.6) is 5.75 Å². The highest BCUT2D eigenvalue weighted by atomic mass is 16.5. The molecule has 1 fully saturated rings. The number of hydrogen-bond acceptors (Lipinski definition) is 3. The van der Waals surface area contributed by atoms with Crippen LogP contribution in [0.2, 0.25) is 0 Å². The maximum Gasteiger partial charge on any atom is 0.123 e. The normalized spacial score (nSPS) is 23.9. The Morgan fingerprint density at radius 3 is 2.70 bits per heavy atom. The Bertz CT molecular complexity index is 427. The second-order valence-corrected chi connectivity index (χ2v) is 6.51. The number of para-hydroxylation sites is 1. The molecule has 1 atom stereocenters. The molecule has 3 rings (SSSR count). The van der Waals surface area contributed by atoms with Crippen LogP contribution in [0.3, 0.4) is 0 Å². The van der Waals surface area contributed by atoms with Crippen LogP contribution in [0.25, 0.3) is 0 Å². The van der Waals surface area contributed by atoms with Gasteiger partial charge in [0.2, 0.25) is 0 Å². The molecule has 0 saturated heterocycles. The molecule has 1 aliphatic heterocycles. The number of ether oxygens (including phenoxy) is 1. The van der Waals surface area contributed by atoms with Gasteiger partial charge in [-0.1, -0.05) is 31.0 Å². The zero-order valence-electron chi connectivity index (χ0n) is 12.7. The number of benzene rings is 1. The lowest BCUT2D eigenvalue weighted by molar-refractivity contribution is 0.145. The molecule has 1 heterocycles. The molecule has 20 heavy (non-hydrogen) atoms. The molecule has 0 aromatic heterocycles. The van der Waals surface area contributed by atoms with Gasteiger partial charge in [0.15, 0.2) is 0 Å². The van der Waals surface area contributed by atoms with Gasteiger partial charge in [-0.15, -0.1) is 0 Å². The predicted octanol–water partition coefficient (Wildman–Crippen LogP) is 2.45. The van der Waals surface area contributed by atoms with Crippen LogP contribution in [0, 0.1) is 0 Å². The van der Waals surface area contributed by atoms with E-state index in [-0.39, 0.29) is 0 Å². The molecule has 3 nitrogen and oxygen atoms in total. The fourth-order valence-corrected chi connectivity index (χ4v) is 3.65. The summed E-state index contributed by atoms with van der Waals surface area (Å²) in [5.41, 5.74) is 1.72. The van der Waals surface area contributed by atoms with E-state index in [1.807, 2.05) is 6.07 Å². The van der Waals surface area contributed by atoms with E-state index in [4.69, 9.17) is 4.74 Å². The van der Waals surface area contributed by atoms with E-state index in [0.717, 1.165) is 25.3 Å². The molecule has 0 radical (unpaired) electrons. The van der Waals surface area contributed by atoms with Crippen molar-refractivity contribution in [2.24, 2.45) is 0 Å². The highest BCUT2D eigenvalue weighted by Gasteiger charge is 2.35. The van der Waals surface area contributed by atoms with Crippen molar-refractivity contribution in [2.45, 2.75) is 43.7 Å².